The molecule has 2 aromatic carbocycles. The summed E-state index contributed by atoms with van der Waals surface area (Å²) in [4.78, 5) is 11.8. The van der Waals surface area contributed by atoms with Crippen LogP contribution in [-0.2, 0) is 11.3 Å². The van der Waals surface area contributed by atoms with E-state index in [4.69, 9.17) is 0 Å². The minimum Gasteiger partial charge on any atom is -0.385 e. The Bertz CT molecular complexity index is 590. The first kappa shape index (κ1) is 15.1. The van der Waals surface area contributed by atoms with E-state index in [9.17, 15) is 4.79 Å². The molecule has 0 unspecified atom stereocenters. The van der Waals surface area contributed by atoms with E-state index >= 15 is 0 Å². The predicted molar refractivity (Wildman–Crippen MR) is 87.3 cm³/mol. The highest BCUT2D eigenvalue weighted by atomic mass is 16.1. The molecular formula is C18H22N2O. The van der Waals surface area contributed by atoms with Crippen LogP contribution in [0.5, 0.6) is 0 Å². The molecule has 21 heavy (non-hydrogen) atoms. The van der Waals surface area contributed by atoms with Gasteiger partial charge >= 0.3 is 0 Å². The monoisotopic (exact) mass is 282 g/mol. The molecule has 1 amide bonds. The van der Waals surface area contributed by atoms with E-state index in [0.29, 0.717) is 19.5 Å². The Balaban J connectivity index is 1.69. The molecule has 2 N–H and O–H groups in total. The van der Waals surface area contributed by atoms with Crippen LogP contribution in [0.4, 0.5) is 5.69 Å². The van der Waals surface area contributed by atoms with E-state index in [-0.39, 0.29) is 5.91 Å². The Morgan fingerprint density at radius 2 is 1.76 bits per heavy atom. The molecular weight excluding hydrogens is 260 g/mol. The standard InChI is InChI=1S/C18H22N2O/c1-14-6-8-17(9-7-14)19-11-10-18(21)20-13-16-5-3-4-15(2)12-16/h3-9,12,19H,10-11,13H2,1-2H3,(H,20,21). The fraction of sp³-hybridized carbons (Fsp3) is 0.278. The van der Waals surface area contributed by atoms with Gasteiger partial charge in [0.15, 0.2) is 0 Å². The van der Waals surface area contributed by atoms with Crippen molar-refractivity contribution in [2.45, 2.75) is 26.8 Å². The summed E-state index contributed by atoms with van der Waals surface area (Å²) in [5, 5.41) is 6.19. The van der Waals surface area contributed by atoms with E-state index in [1.54, 1.807) is 0 Å². The summed E-state index contributed by atoms with van der Waals surface area (Å²) in [6, 6.07) is 16.3. The van der Waals surface area contributed by atoms with Crippen LogP contribution in [0.3, 0.4) is 0 Å². The van der Waals surface area contributed by atoms with Crippen molar-refractivity contribution in [3.63, 3.8) is 0 Å². The van der Waals surface area contributed by atoms with Gasteiger partial charge < -0.3 is 10.6 Å². The first-order chi connectivity index (χ1) is 10.1. The van der Waals surface area contributed by atoms with Gasteiger partial charge in [0.1, 0.15) is 0 Å². The molecule has 110 valence electrons. The largest absolute Gasteiger partial charge is 0.385 e. The smallest absolute Gasteiger partial charge is 0.222 e. The van der Waals surface area contributed by atoms with E-state index in [2.05, 4.69) is 48.7 Å². The normalized spacial score (nSPS) is 10.2. The summed E-state index contributed by atoms with van der Waals surface area (Å²) in [6.07, 6.45) is 0.472. The van der Waals surface area contributed by atoms with E-state index in [0.717, 1.165) is 11.3 Å². The lowest BCUT2D eigenvalue weighted by Gasteiger charge is -2.08. The molecule has 0 aliphatic carbocycles. The van der Waals surface area contributed by atoms with Crippen LogP contribution in [0.15, 0.2) is 48.5 Å². The SMILES string of the molecule is Cc1ccc(NCCC(=O)NCc2cccc(C)c2)cc1. The second kappa shape index (κ2) is 7.48. The third-order valence-corrected chi connectivity index (χ3v) is 3.30. The number of carbonyl (C=O) groups is 1. The Morgan fingerprint density at radius 1 is 1.00 bits per heavy atom. The van der Waals surface area contributed by atoms with E-state index in [1.807, 2.05) is 24.3 Å². The van der Waals surface area contributed by atoms with Gasteiger partial charge in [-0.05, 0) is 31.5 Å². The molecule has 0 aromatic heterocycles. The number of amides is 1. The first-order valence-electron chi connectivity index (χ1n) is 7.26. The first-order valence-corrected chi connectivity index (χ1v) is 7.26. The average molecular weight is 282 g/mol. The van der Waals surface area contributed by atoms with Gasteiger partial charge in [-0.1, -0.05) is 47.5 Å². The maximum absolute atomic E-state index is 11.8. The molecule has 0 saturated heterocycles. The lowest BCUT2D eigenvalue weighted by molar-refractivity contribution is -0.121. The van der Waals surface area contributed by atoms with Crippen molar-refractivity contribution in [2.75, 3.05) is 11.9 Å². The topological polar surface area (TPSA) is 41.1 Å². The van der Waals surface area contributed by atoms with Gasteiger partial charge in [0.25, 0.3) is 0 Å². The lowest BCUT2D eigenvalue weighted by atomic mass is 10.1. The second-order valence-corrected chi connectivity index (χ2v) is 5.31. The summed E-state index contributed by atoms with van der Waals surface area (Å²) < 4.78 is 0. The average Bonchev–Trinajstić information content (AvgIpc) is 2.47. The van der Waals surface area contributed by atoms with Crippen LogP contribution in [0.2, 0.25) is 0 Å². The van der Waals surface area contributed by atoms with Gasteiger partial charge in [0.05, 0.1) is 0 Å². The van der Waals surface area contributed by atoms with Crippen molar-refractivity contribution < 1.29 is 4.79 Å². The summed E-state index contributed by atoms with van der Waals surface area (Å²) in [5.74, 6) is 0.0658. The third-order valence-electron chi connectivity index (χ3n) is 3.30. The van der Waals surface area contributed by atoms with Crippen LogP contribution in [0, 0.1) is 13.8 Å². The molecule has 0 aliphatic heterocycles. The quantitative estimate of drug-likeness (QED) is 0.852. The zero-order valence-corrected chi connectivity index (χ0v) is 12.6. The van der Waals surface area contributed by atoms with Crippen LogP contribution >= 0.6 is 0 Å². The van der Waals surface area contributed by atoms with E-state index in [1.165, 1.54) is 11.1 Å². The number of aryl methyl sites for hydroxylation is 2. The molecule has 0 aliphatic rings. The Hall–Kier alpha value is -2.29. The molecule has 0 spiro atoms. The van der Waals surface area contributed by atoms with Crippen molar-refractivity contribution in [3.8, 4) is 0 Å². The van der Waals surface area contributed by atoms with Crippen LogP contribution in [0.1, 0.15) is 23.1 Å². The number of rotatable bonds is 6. The van der Waals surface area contributed by atoms with Crippen LogP contribution in [0.25, 0.3) is 0 Å². The van der Waals surface area contributed by atoms with Gasteiger partial charge in [-0.25, -0.2) is 0 Å². The maximum atomic E-state index is 11.8. The third kappa shape index (κ3) is 5.30. The Morgan fingerprint density at radius 3 is 2.48 bits per heavy atom. The summed E-state index contributed by atoms with van der Waals surface area (Å²) in [7, 11) is 0. The summed E-state index contributed by atoms with van der Waals surface area (Å²) >= 11 is 0. The molecule has 0 bridgehead atoms. The van der Waals surface area contributed by atoms with Crippen LogP contribution < -0.4 is 10.6 Å². The molecule has 0 radical (unpaired) electrons. The van der Waals surface area contributed by atoms with Crippen molar-refractivity contribution in [2.24, 2.45) is 0 Å². The Labute approximate surface area is 126 Å². The highest BCUT2D eigenvalue weighted by Gasteiger charge is 2.01. The van der Waals surface area contributed by atoms with Gasteiger partial charge in [0, 0.05) is 25.2 Å². The Kier molecular flexibility index (Phi) is 5.38. The maximum Gasteiger partial charge on any atom is 0.222 e. The van der Waals surface area contributed by atoms with Gasteiger partial charge in [-0.3, -0.25) is 4.79 Å². The highest BCUT2D eigenvalue weighted by Crippen LogP contribution is 2.08. The molecule has 0 fully saturated rings. The molecule has 0 atom stereocenters. The fourth-order valence-electron chi connectivity index (χ4n) is 2.10. The zero-order valence-electron chi connectivity index (χ0n) is 12.6. The molecule has 2 rings (SSSR count). The fourth-order valence-corrected chi connectivity index (χ4v) is 2.10. The highest BCUT2D eigenvalue weighted by molar-refractivity contribution is 5.76. The number of hydrogen-bond acceptors (Lipinski definition) is 2. The number of hydrogen-bond donors (Lipinski definition) is 2. The van der Waals surface area contributed by atoms with Gasteiger partial charge in [0.2, 0.25) is 5.91 Å². The molecule has 3 nitrogen and oxygen atoms in total. The second-order valence-electron chi connectivity index (χ2n) is 5.31. The number of carbonyl (C=O) groups excluding carboxylic acids is 1. The lowest BCUT2D eigenvalue weighted by Crippen LogP contribution is -2.24. The molecule has 0 heterocycles. The number of anilines is 1. The van der Waals surface area contributed by atoms with Crippen molar-refractivity contribution in [1.29, 1.82) is 0 Å². The minimum absolute atomic E-state index is 0.0658. The molecule has 0 saturated carbocycles. The molecule has 3 heteroatoms. The number of benzene rings is 2. The summed E-state index contributed by atoms with van der Waals surface area (Å²) in [5.41, 5.74) is 4.63. The van der Waals surface area contributed by atoms with E-state index < -0.39 is 0 Å². The van der Waals surface area contributed by atoms with Crippen molar-refractivity contribution in [1.82, 2.24) is 5.32 Å². The minimum atomic E-state index is 0.0658. The van der Waals surface area contributed by atoms with Crippen LogP contribution in [-0.4, -0.2) is 12.5 Å². The zero-order chi connectivity index (χ0) is 15.1. The summed E-state index contributed by atoms with van der Waals surface area (Å²) in [6.45, 7) is 5.34. The molecule has 2 aromatic rings. The predicted octanol–water partition coefficient (Wildman–Crippen LogP) is 3.42. The number of nitrogens with one attached hydrogen (secondary N) is 2. The van der Waals surface area contributed by atoms with Crippen molar-refractivity contribution >= 4 is 11.6 Å². The van der Waals surface area contributed by atoms with Gasteiger partial charge in [-0.2, -0.15) is 0 Å². The van der Waals surface area contributed by atoms with Gasteiger partial charge in [-0.15, -0.1) is 0 Å². The van der Waals surface area contributed by atoms with Crippen molar-refractivity contribution in [3.05, 3.63) is 65.2 Å².